The molecule has 116 valence electrons. The Morgan fingerprint density at radius 3 is 2.91 bits per heavy atom. The van der Waals surface area contributed by atoms with Gasteiger partial charge in [-0.2, -0.15) is 0 Å². The van der Waals surface area contributed by atoms with E-state index in [1.807, 2.05) is 22.4 Å². The highest BCUT2D eigenvalue weighted by Gasteiger charge is 2.33. The quantitative estimate of drug-likeness (QED) is 0.901. The SMILES string of the molecule is COc1cc(F)ccc1NC(=O)N(Cc1cccs1)C1CC1. The Hall–Kier alpha value is -2.08. The standard InChI is InChI=1S/C16H17FN2O2S/c1-21-15-9-11(17)4-7-14(15)18-16(20)19(12-5-6-12)10-13-3-2-8-22-13/h2-4,7-9,12H,5-6,10H2,1H3,(H,18,20). The molecular weight excluding hydrogens is 303 g/mol. The molecule has 0 saturated heterocycles. The van der Waals surface area contributed by atoms with E-state index in [0.29, 0.717) is 18.0 Å². The number of halogens is 1. The summed E-state index contributed by atoms with van der Waals surface area (Å²) in [6.07, 6.45) is 2.05. The molecule has 0 bridgehead atoms. The van der Waals surface area contributed by atoms with Crippen molar-refractivity contribution in [3.05, 3.63) is 46.4 Å². The minimum atomic E-state index is -0.396. The molecule has 1 heterocycles. The number of carbonyl (C=O) groups excluding carboxylic acids is 1. The van der Waals surface area contributed by atoms with Gasteiger partial charge in [-0.15, -0.1) is 11.3 Å². The Kier molecular flexibility index (Phi) is 4.29. The van der Waals surface area contributed by atoms with Gasteiger partial charge in [0.2, 0.25) is 0 Å². The predicted molar refractivity (Wildman–Crippen MR) is 84.9 cm³/mol. The molecule has 1 fully saturated rings. The lowest BCUT2D eigenvalue weighted by Gasteiger charge is -2.23. The van der Waals surface area contributed by atoms with E-state index in [9.17, 15) is 9.18 Å². The fourth-order valence-corrected chi connectivity index (χ4v) is 2.98. The van der Waals surface area contributed by atoms with Crippen LogP contribution in [0, 0.1) is 5.82 Å². The van der Waals surface area contributed by atoms with Crippen molar-refractivity contribution in [2.24, 2.45) is 0 Å². The van der Waals surface area contributed by atoms with Crippen molar-refractivity contribution in [1.82, 2.24) is 4.90 Å². The number of nitrogens with zero attached hydrogens (tertiary/aromatic N) is 1. The van der Waals surface area contributed by atoms with Gasteiger partial charge in [0, 0.05) is 17.0 Å². The summed E-state index contributed by atoms with van der Waals surface area (Å²) in [5, 5.41) is 4.82. The first-order chi connectivity index (χ1) is 10.7. The highest BCUT2D eigenvalue weighted by Crippen LogP contribution is 2.31. The first-order valence-corrected chi connectivity index (χ1v) is 7.99. The topological polar surface area (TPSA) is 41.6 Å². The molecule has 0 spiro atoms. The summed E-state index contributed by atoms with van der Waals surface area (Å²) in [5.74, 6) is -0.0762. The van der Waals surface area contributed by atoms with Gasteiger partial charge in [-0.25, -0.2) is 9.18 Å². The zero-order chi connectivity index (χ0) is 15.5. The first kappa shape index (κ1) is 14.8. The Balaban J connectivity index is 1.74. The molecule has 1 N–H and O–H groups in total. The van der Waals surface area contributed by atoms with Crippen LogP contribution in [-0.2, 0) is 6.54 Å². The van der Waals surface area contributed by atoms with E-state index in [1.54, 1.807) is 11.3 Å². The largest absolute Gasteiger partial charge is 0.494 e. The van der Waals surface area contributed by atoms with Crippen LogP contribution in [0.2, 0.25) is 0 Å². The third-order valence-electron chi connectivity index (χ3n) is 3.56. The average Bonchev–Trinajstić information content (AvgIpc) is 3.22. The molecule has 1 aliphatic carbocycles. The molecule has 0 radical (unpaired) electrons. The molecule has 0 unspecified atom stereocenters. The van der Waals surface area contributed by atoms with E-state index < -0.39 is 5.82 Å². The third-order valence-corrected chi connectivity index (χ3v) is 4.42. The Morgan fingerprint density at radius 1 is 1.45 bits per heavy atom. The summed E-state index contributed by atoms with van der Waals surface area (Å²) in [5.41, 5.74) is 0.478. The lowest BCUT2D eigenvalue weighted by atomic mass is 10.3. The van der Waals surface area contributed by atoms with Crippen LogP contribution in [0.5, 0.6) is 5.75 Å². The molecule has 4 nitrogen and oxygen atoms in total. The number of thiophene rings is 1. The monoisotopic (exact) mass is 320 g/mol. The molecule has 3 rings (SSSR count). The summed E-state index contributed by atoms with van der Waals surface area (Å²) in [6, 6.07) is 8.18. The first-order valence-electron chi connectivity index (χ1n) is 7.11. The van der Waals surface area contributed by atoms with Crippen molar-refractivity contribution in [3.8, 4) is 5.75 Å². The molecule has 1 aromatic carbocycles. The molecule has 6 heteroatoms. The number of carbonyl (C=O) groups is 1. The van der Waals surface area contributed by atoms with Gasteiger partial charge in [-0.1, -0.05) is 6.07 Å². The maximum Gasteiger partial charge on any atom is 0.322 e. The number of urea groups is 1. The molecule has 2 aromatic rings. The summed E-state index contributed by atoms with van der Waals surface area (Å²) in [7, 11) is 1.45. The molecule has 0 atom stereocenters. The molecule has 2 amide bonds. The summed E-state index contributed by atoms with van der Waals surface area (Å²) in [6.45, 7) is 0.595. The van der Waals surface area contributed by atoms with E-state index in [1.165, 1.54) is 25.3 Å². The number of ether oxygens (including phenoxy) is 1. The van der Waals surface area contributed by atoms with Crippen LogP contribution in [0.1, 0.15) is 17.7 Å². The van der Waals surface area contributed by atoms with Crippen molar-refractivity contribution in [2.45, 2.75) is 25.4 Å². The lowest BCUT2D eigenvalue weighted by molar-refractivity contribution is 0.206. The van der Waals surface area contributed by atoms with Crippen molar-refractivity contribution in [3.63, 3.8) is 0 Å². The second-order valence-electron chi connectivity index (χ2n) is 5.21. The third kappa shape index (κ3) is 3.39. The van der Waals surface area contributed by atoms with Crippen LogP contribution < -0.4 is 10.1 Å². The highest BCUT2D eigenvalue weighted by molar-refractivity contribution is 7.09. The molecular formula is C16H17FN2O2S. The van der Waals surface area contributed by atoms with E-state index in [4.69, 9.17) is 4.74 Å². The molecule has 0 aliphatic heterocycles. The van der Waals surface area contributed by atoms with Gasteiger partial charge in [-0.05, 0) is 36.4 Å². The number of anilines is 1. The lowest BCUT2D eigenvalue weighted by Crippen LogP contribution is -2.36. The van der Waals surface area contributed by atoms with Gasteiger partial charge in [0.25, 0.3) is 0 Å². The molecule has 1 saturated carbocycles. The second kappa shape index (κ2) is 6.36. The van der Waals surface area contributed by atoms with Gasteiger partial charge in [-0.3, -0.25) is 0 Å². The smallest absolute Gasteiger partial charge is 0.322 e. The number of amides is 2. The van der Waals surface area contributed by atoms with E-state index in [-0.39, 0.29) is 12.1 Å². The molecule has 1 aromatic heterocycles. The van der Waals surface area contributed by atoms with Crippen molar-refractivity contribution in [2.75, 3.05) is 12.4 Å². The van der Waals surface area contributed by atoms with Crippen LogP contribution in [0.15, 0.2) is 35.7 Å². The van der Waals surface area contributed by atoms with Crippen LogP contribution in [-0.4, -0.2) is 24.1 Å². The summed E-state index contributed by atoms with van der Waals surface area (Å²) >= 11 is 1.63. The van der Waals surface area contributed by atoms with Crippen LogP contribution in [0.4, 0.5) is 14.9 Å². The van der Waals surface area contributed by atoms with Gasteiger partial charge < -0.3 is 15.0 Å². The Bertz CT molecular complexity index is 656. The van der Waals surface area contributed by atoms with E-state index in [0.717, 1.165) is 17.7 Å². The summed E-state index contributed by atoms with van der Waals surface area (Å²) < 4.78 is 18.3. The van der Waals surface area contributed by atoms with Gasteiger partial charge in [0.15, 0.2) is 0 Å². The van der Waals surface area contributed by atoms with Gasteiger partial charge in [0.1, 0.15) is 11.6 Å². The fraction of sp³-hybridized carbons (Fsp3) is 0.312. The Morgan fingerprint density at radius 2 is 2.27 bits per heavy atom. The zero-order valence-electron chi connectivity index (χ0n) is 12.2. The minimum Gasteiger partial charge on any atom is -0.494 e. The van der Waals surface area contributed by atoms with Crippen molar-refractivity contribution < 1.29 is 13.9 Å². The highest BCUT2D eigenvalue weighted by atomic mass is 32.1. The number of rotatable bonds is 5. The number of hydrogen-bond acceptors (Lipinski definition) is 3. The zero-order valence-corrected chi connectivity index (χ0v) is 13.0. The van der Waals surface area contributed by atoms with Crippen LogP contribution >= 0.6 is 11.3 Å². The second-order valence-corrected chi connectivity index (χ2v) is 6.25. The minimum absolute atomic E-state index is 0.180. The maximum atomic E-state index is 13.2. The number of nitrogens with one attached hydrogen (secondary N) is 1. The predicted octanol–water partition coefficient (Wildman–Crippen LogP) is 4.09. The maximum absolute atomic E-state index is 13.2. The molecule has 22 heavy (non-hydrogen) atoms. The van der Waals surface area contributed by atoms with Crippen molar-refractivity contribution in [1.29, 1.82) is 0 Å². The van der Waals surface area contributed by atoms with Crippen LogP contribution in [0.3, 0.4) is 0 Å². The normalized spacial score (nSPS) is 13.7. The number of methoxy groups -OCH3 is 1. The summed E-state index contributed by atoms with van der Waals surface area (Å²) in [4.78, 5) is 15.5. The van der Waals surface area contributed by atoms with Gasteiger partial charge >= 0.3 is 6.03 Å². The fourth-order valence-electron chi connectivity index (χ4n) is 2.28. The molecule has 1 aliphatic rings. The van der Waals surface area contributed by atoms with E-state index in [2.05, 4.69) is 5.32 Å². The van der Waals surface area contributed by atoms with Crippen molar-refractivity contribution >= 4 is 23.1 Å². The average molecular weight is 320 g/mol. The van der Waals surface area contributed by atoms with E-state index >= 15 is 0 Å². The van der Waals surface area contributed by atoms with Crippen LogP contribution in [0.25, 0.3) is 0 Å². The van der Waals surface area contributed by atoms with Gasteiger partial charge in [0.05, 0.1) is 19.3 Å². The number of benzene rings is 1. The number of hydrogen-bond donors (Lipinski definition) is 1. The Labute approximate surface area is 132 Å².